The third-order valence-corrected chi connectivity index (χ3v) is 4.38. The molecule has 2 heterocycles. The quantitative estimate of drug-likeness (QED) is 0.849. The van der Waals surface area contributed by atoms with Crippen molar-refractivity contribution in [2.75, 3.05) is 0 Å². The summed E-state index contributed by atoms with van der Waals surface area (Å²) in [6.07, 6.45) is 3.57. The molecule has 0 spiro atoms. The Morgan fingerprint density at radius 1 is 1.20 bits per heavy atom. The van der Waals surface area contributed by atoms with Gasteiger partial charge in [-0.1, -0.05) is 19.9 Å². The van der Waals surface area contributed by atoms with Gasteiger partial charge in [-0.3, -0.25) is 9.19 Å². The molecule has 0 amide bonds. The van der Waals surface area contributed by atoms with Crippen LogP contribution >= 0.6 is 0 Å². The molecule has 5 heteroatoms. The summed E-state index contributed by atoms with van der Waals surface area (Å²) in [6.45, 7) is 8.44. The molecule has 0 unspecified atom stereocenters. The van der Waals surface area contributed by atoms with Crippen molar-refractivity contribution in [2.24, 2.45) is 0 Å². The summed E-state index contributed by atoms with van der Waals surface area (Å²) >= 11 is 0. The minimum atomic E-state index is -1.17. The topological polar surface area (TPSA) is 47.8 Å². The highest BCUT2D eigenvalue weighted by Gasteiger charge is 2.19. The molecule has 0 aliphatic rings. The molecule has 2 aromatic rings. The molecule has 0 fully saturated rings. The zero-order chi connectivity index (χ0) is 14.7. The van der Waals surface area contributed by atoms with Crippen LogP contribution in [0.5, 0.6) is 0 Å². The van der Waals surface area contributed by atoms with Crippen molar-refractivity contribution in [1.29, 1.82) is 0 Å². The fraction of sp³-hybridized carbons (Fsp3) is 0.467. The summed E-state index contributed by atoms with van der Waals surface area (Å²) in [5.74, 6) is 0.771. The van der Waals surface area contributed by atoms with Crippen LogP contribution < -0.4 is 0 Å². The largest absolute Gasteiger partial charge is 0.318 e. The lowest BCUT2D eigenvalue weighted by molar-refractivity contribution is 0.509. The molecule has 0 aliphatic carbocycles. The monoisotopic (exact) mass is 291 g/mol. The average Bonchev–Trinajstić information content (AvgIpc) is 2.84. The second-order valence-corrected chi connectivity index (χ2v) is 6.74. The van der Waals surface area contributed by atoms with E-state index in [-0.39, 0.29) is 6.04 Å². The van der Waals surface area contributed by atoms with E-state index in [4.69, 9.17) is 0 Å². The van der Waals surface area contributed by atoms with E-state index in [1.807, 2.05) is 24.4 Å². The minimum absolute atomic E-state index is 0.248. The van der Waals surface area contributed by atoms with Crippen molar-refractivity contribution in [3.8, 4) is 0 Å². The third-order valence-electron chi connectivity index (χ3n) is 3.11. The maximum Gasteiger partial charge on any atom is 0.199 e. The Hall–Kier alpha value is -1.49. The lowest BCUT2D eigenvalue weighted by atomic mass is 10.1. The van der Waals surface area contributed by atoms with E-state index in [9.17, 15) is 4.21 Å². The van der Waals surface area contributed by atoms with Gasteiger partial charge < -0.3 is 4.57 Å². The van der Waals surface area contributed by atoms with Gasteiger partial charge in [-0.25, -0.2) is 4.98 Å². The molecule has 0 aromatic carbocycles. The predicted molar refractivity (Wildman–Crippen MR) is 81.1 cm³/mol. The Morgan fingerprint density at radius 2 is 1.95 bits per heavy atom. The summed E-state index contributed by atoms with van der Waals surface area (Å²) in [5.41, 5.74) is 1.96. The second kappa shape index (κ2) is 6.31. The molecule has 0 aliphatic heterocycles. The highest BCUT2D eigenvalue weighted by atomic mass is 32.2. The molecule has 4 nitrogen and oxygen atoms in total. The van der Waals surface area contributed by atoms with E-state index < -0.39 is 10.8 Å². The van der Waals surface area contributed by atoms with Gasteiger partial charge in [-0.15, -0.1) is 0 Å². The highest BCUT2D eigenvalue weighted by molar-refractivity contribution is 7.84. The number of hydrogen-bond donors (Lipinski definition) is 0. The fourth-order valence-corrected chi connectivity index (χ4v) is 3.43. The van der Waals surface area contributed by atoms with Crippen LogP contribution in [-0.4, -0.2) is 18.7 Å². The molecule has 0 saturated carbocycles. The minimum Gasteiger partial charge on any atom is -0.318 e. The standard InChI is InChI=1S/C15H21N3OS/c1-11(2)14-9-17-15(18(14)12(3)4)20(19)10-13-7-5-6-8-16-13/h5-9,11-12H,10H2,1-4H3/t20-/m0/s1. The maximum atomic E-state index is 12.6. The molecule has 0 N–H and O–H groups in total. The van der Waals surface area contributed by atoms with Gasteiger partial charge in [0, 0.05) is 24.1 Å². The van der Waals surface area contributed by atoms with Crippen LogP contribution in [0.25, 0.3) is 0 Å². The Balaban J connectivity index is 2.31. The number of imidazole rings is 1. The number of aromatic nitrogens is 3. The van der Waals surface area contributed by atoms with Gasteiger partial charge >= 0.3 is 0 Å². The van der Waals surface area contributed by atoms with Gasteiger partial charge in [0.1, 0.15) is 0 Å². The maximum absolute atomic E-state index is 12.6. The zero-order valence-electron chi connectivity index (χ0n) is 12.4. The predicted octanol–water partition coefficient (Wildman–Crippen LogP) is 3.29. The molecular formula is C15H21N3OS. The molecule has 2 rings (SSSR count). The Kier molecular flexibility index (Phi) is 4.70. The van der Waals surface area contributed by atoms with Crippen LogP contribution in [0.1, 0.15) is 51.0 Å². The van der Waals surface area contributed by atoms with Crippen molar-refractivity contribution in [2.45, 2.75) is 50.6 Å². The molecule has 0 radical (unpaired) electrons. The zero-order valence-corrected chi connectivity index (χ0v) is 13.2. The van der Waals surface area contributed by atoms with Crippen LogP contribution in [0.15, 0.2) is 35.7 Å². The van der Waals surface area contributed by atoms with E-state index in [2.05, 4.69) is 42.2 Å². The van der Waals surface area contributed by atoms with E-state index in [1.165, 1.54) is 0 Å². The first-order chi connectivity index (χ1) is 9.50. The van der Waals surface area contributed by atoms with Crippen LogP contribution in [0, 0.1) is 0 Å². The van der Waals surface area contributed by atoms with Gasteiger partial charge in [-0.2, -0.15) is 0 Å². The first-order valence-electron chi connectivity index (χ1n) is 6.86. The van der Waals surface area contributed by atoms with Gasteiger partial charge in [0.05, 0.1) is 22.2 Å². The van der Waals surface area contributed by atoms with E-state index in [1.54, 1.807) is 6.20 Å². The molecule has 2 aromatic heterocycles. The molecule has 108 valence electrons. The first-order valence-corrected chi connectivity index (χ1v) is 8.18. The van der Waals surface area contributed by atoms with Crippen molar-refractivity contribution in [3.05, 3.63) is 42.0 Å². The van der Waals surface area contributed by atoms with Crippen LogP contribution in [0.3, 0.4) is 0 Å². The van der Waals surface area contributed by atoms with Gasteiger partial charge in [0.15, 0.2) is 5.16 Å². The molecule has 0 saturated heterocycles. The van der Waals surface area contributed by atoms with Crippen molar-refractivity contribution < 1.29 is 4.21 Å². The number of pyridine rings is 1. The number of hydrogen-bond acceptors (Lipinski definition) is 3. The van der Waals surface area contributed by atoms with Crippen molar-refractivity contribution >= 4 is 10.8 Å². The molecule has 20 heavy (non-hydrogen) atoms. The second-order valence-electron chi connectivity index (χ2n) is 5.40. The summed E-state index contributed by atoms with van der Waals surface area (Å²) in [6, 6.07) is 5.91. The normalized spacial score (nSPS) is 13.1. The van der Waals surface area contributed by atoms with E-state index >= 15 is 0 Å². The highest BCUT2D eigenvalue weighted by Crippen LogP contribution is 2.23. The fourth-order valence-electron chi connectivity index (χ4n) is 2.15. The third kappa shape index (κ3) is 3.15. The Morgan fingerprint density at radius 3 is 2.50 bits per heavy atom. The van der Waals surface area contributed by atoms with Gasteiger partial charge in [0.25, 0.3) is 0 Å². The van der Waals surface area contributed by atoms with Gasteiger partial charge in [0.2, 0.25) is 0 Å². The van der Waals surface area contributed by atoms with Gasteiger partial charge in [-0.05, 0) is 31.9 Å². The number of nitrogens with zero attached hydrogens (tertiary/aromatic N) is 3. The van der Waals surface area contributed by atoms with E-state index in [0.29, 0.717) is 16.8 Å². The summed E-state index contributed by atoms with van der Waals surface area (Å²) in [4.78, 5) is 8.62. The summed E-state index contributed by atoms with van der Waals surface area (Å²) in [7, 11) is -1.17. The Bertz CT molecular complexity index is 590. The molecule has 0 bridgehead atoms. The summed E-state index contributed by atoms with van der Waals surface area (Å²) in [5, 5.41) is 0.648. The Labute approximate surface area is 122 Å². The SMILES string of the molecule is CC(C)c1cnc([S@@](=O)Cc2ccccn2)n1C(C)C. The molecule has 1 atom stereocenters. The molecular weight excluding hydrogens is 270 g/mol. The van der Waals surface area contributed by atoms with Crippen LogP contribution in [0.4, 0.5) is 0 Å². The average molecular weight is 291 g/mol. The van der Waals surface area contributed by atoms with E-state index in [0.717, 1.165) is 11.4 Å². The smallest absolute Gasteiger partial charge is 0.199 e. The van der Waals surface area contributed by atoms with Crippen molar-refractivity contribution in [3.63, 3.8) is 0 Å². The van der Waals surface area contributed by atoms with Crippen LogP contribution in [-0.2, 0) is 16.6 Å². The lowest BCUT2D eigenvalue weighted by Gasteiger charge is -2.17. The van der Waals surface area contributed by atoms with Crippen molar-refractivity contribution in [1.82, 2.24) is 14.5 Å². The lowest BCUT2D eigenvalue weighted by Crippen LogP contribution is -2.13. The van der Waals surface area contributed by atoms with Crippen LogP contribution in [0.2, 0.25) is 0 Å². The number of rotatable bonds is 5. The first kappa shape index (κ1) is 14.9. The summed E-state index contributed by atoms with van der Waals surface area (Å²) < 4.78 is 14.7.